The number of methoxy groups -OCH3 is 1. The van der Waals surface area contributed by atoms with Crippen molar-refractivity contribution in [1.29, 1.82) is 0 Å². The van der Waals surface area contributed by atoms with Gasteiger partial charge in [0, 0.05) is 11.3 Å². The molecule has 1 unspecified atom stereocenters. The average molecular weight is 189 g/mol. The van der Waals surface area contributed by atoms with Crippen LogP contribution in [0.5, 0.6) is 0 Å². The normalized spacial score (nSPS) is 29.8. The van der Waals surface area contributed by atoms with Crippen LogP contribution in [-0.2, 0) is 9.53 Å². The second-order valence-corrected chi connectivity index (χ2v) is 4.38. The van der Waals surface area contributed by atoms with Gasteiger partial charge in [-0.1, -0.05) is 0 Å². The van der Waals surface area contributed by atoms with Crippen molar-refractivity contribution in [2.75, 3.05) is 18.6 Å². The van der Waals surface area contributed by atoms with E-state index >= 15 is 0 Å². The molecule has 0 aromatic carbocycles. The summed E-state index contributed by atoms with van der Waals surface area (Å²) < 4.78 is 4.59. The molecular formula is C8H15NO2S. The fourth-order valence-electron chi connectivity index (χ4n) is 1.37. The van der Waals surface area contributed by atoms with Gasteiger partial charge in [0.05, 0.1) is 13.5 Å². The van der Waals surface area contributed by atoms with Gasteiger partial charge in [0.25, 0.3) is 0 Å². The summed E-state index contributed by atoms with van der Waals surface area (Å²) in [5.74, 6) is 1.85. The molecule has 0 bridgehead atoms. The van der Waals surface area contributed by atoms with Gasteiger partial charge in [-0.3, -0.25) is 4.79 Å². The van der Waals surface area contributed by atoms with Crippen molar-refractivity contribution in [3.05, 3.63) is 0 Å². The molecule has 1 heterocycles. The van der Waals surface area contributed by atoms with Gasteiger partial charge in [0.1, 0.15) is 0 Å². The summed E-state index contributed by atoms with van der Waals surface area (Å²) in [5, 5.41) is 0. The predicted molar refractivity (Wildman–Crippen MR) is 50.1 cm³/mol. The van der Waals surface area contributed by atoms with Gasteiger partial charge < -0.3 is 10.5 Å². The van der Waals surface area contributed by atoms with Crippen LogP contribution in [0.4, 0.5) is 0 Å². The Morgan fingerprint density at radius 1 is 1.75 bits per heavy atom. The zero-order valence-corrected chi connectivity index (χ0v) is 8.15. The van der Waals surface area contributed by atoms with Gasteiger partial charge in [-0.15, -0.1) is 0 Å². The molecule has 1 aliphatic rings. The highest BCUT2D eigenvalue weighted by Crippen LogP contribution is 2.27. The van der Waals surface area contributed by atoms with E-state index in [1.165, 1.54) is 12.9 Å². The summed E-state index contributed by atoms with van der Waals surface area (Å²) >= 11 is 1.82. The molecule has 0 saturated carbocycles. The van der Waals surface area contributed by atoms with Crippen LogP contribution in [0.3, 0.4) is 0 Å². The Bertz CT molecular complexity index is 166. The fourth-order valence-corrected chi connectivity index (χ4v) is 2.52. The van der Waals surface area contributed by atoms with Crippen molar-refractivity contribution in [1.82, 2.24) is 0 Å². The third kappa shape index (κ3) is 2.68. The monoisotopic (exact) mass is 189 g/mol. The highest BCUT2D eigenvalue weighted by molar-refractivity contribution is 7.99. The molecule has 0 aliphatic carbocycles. The first-order chi connectivity index (χ1) is 5.66. The fraction of sp³-hybridized carbons (Fsp3) is 0.875. The van der Waals surface area contributed by atoms with Gasteiger partial charge in [-0.25, -0.2) is 0 Å². The molecule has 3 nitrogen and oxygen atoms in total. The van der Waals surface area contributed by atoms with Crippen molar-refractivity contribution < 1.29 is 9.53 Å². The van der Waals surface area contributed by atoms with Crippen LogP contribution >= 0.6 is 11.8 Å². The summed E-state index contributed by atoms with van der Waals surface area (Å²) in [6, 6.07) is 0. The molecule has 4 heteroatoms. The highest BCUT2D eigenvalue weighted by Gasteiger charge is 2.30. The maximum atomic E-state index is 11.0. The van der Waals surface area contributed by atoms with Crippen molar-refractivity contribution in [2.45, 2.75) is 24.8 Å². The lowest BCUT2D eigenvalue weighted by atomic mass is 9.93. The molecule has 0 spiro atoms. The van der Waals surface area contributed by atoms with Crippen molar-refractivity contribution in [3.8, 4) is 0 Å². The number of ether oxygens (including phenoxy) is 1. The third-order valence-electron chi connectivity index (χ3n) is 2.08. The predicted octanol–water partition coefficient (Wildman–Crippen LogP) is 0.774. The van der Waals surface area contributed by atoms with Crippen LogP contribution in [0.25, 0.3) is 0 Å². The van der Waals surface area contributed by atoms with E-state index in [0.717, 1.165) is 18.6 Å². The quantitative estimate of drug-likeness (QED) is 0.652. The second-order valence-electron chi connectivity index (χ2n) is 3.27. The standard InChI is InChI=1S/C8H15NO2S/c1-11-7(10)5-8(9)3-2-4-12-6-8/h2-6,9H2,1H3. The summed E-state index contributed by atoms with van der Waals surface area (Å²) in [6.07, 6.45) is 2.41. The number of thioether (sulfide) groups is 1. The molecule has 1 fully saturated rings. The number of hydrogen-bond donors (Lipinski definition) is 1. The molecule has 0 aromatic heterocycles. The van der Waals surface area contributed by atoms with Crippen LogP contribution < -0.4 is 5.73 Å². The van der Waals surface area contributed by atoms with Crippen LogP contribution in [0, 0.1) is 0 Å². The maximum absolute atomic E-state index is 11.0. The zero-order chi connectivity index (χ0) is 9.03. The molecular weight excluding hydrogens is 174 g/mol. The summed E-state index contributed by atoms with van der Waals surface area (Å²) in [6.45, 7) is 0. The van der Waals surface area contributed by atoms with Gasteiger partial charge in [-0.05, 0) is 18.6 Å². The Labute approximate surface area is 77.0 Å². The number of rotatable bonds is 2. The van der Waals surface area contributed by atoms with Crippen LogP contribution in [-0.4, -0.2) is 30.1 Å². The minimum atomic E-state index is -0.310. The Kier molecular flexibility index (Phi) is 3.40. The maximum Gasteiger partial charge on any atom is 0.307 e. The van der Waals surface area contributed by atoms with Crippen molar-refractivity contribution >= 4 is 17.7 Å². The first kappa shape index (κ1) is 9.86. The molecule has 1 rings (SSSR count). The Morgan fingerprint density at radius 2 is 2.50 bits per heavy atom. The van der Waals surface area contributed by atoms with E-state index in [1.54, 1.807) is 0 Å². The average Bonchev–Trinajstić information content (AvgIpc) is 2.05. The number of nitrogens with two attached hydrogens (primary N) is 1. The molecule has 0 radical (unpaired) electrons. The molecule has 1 atom stereocenters. The second kappa shape index (κ2) is 4.14. The number of hydrogen-bond acceptors (Lipinski definition) is 4. The number of carbonyl (C=O) groups is 1. The lowest BCUT2D eigenvalue weighted by Crippen LogP contribution is -2.46. The zero-order valence-electron chi connectivity index (χ0n) is 7.34. The summed E-state index contributed by atoms with van der Waals surface area (Å²) in [7, 11) is 1.40. The lowest BCUT2D eigenvalue weighted by Gasteiger charge is -2.31. The van der Waals surface area contributed by atoms with Gasteiger partial charge >= 0.3 is 5.97 Å². The first-order valence-corrected chi connectivity index (χ1v) is 5.25. The molecule has 12 heavy (non-hydrogen) atoms. The molecule has 1 aliphatic heterocycles. The molecule has 70 valence electrons. The largest absolute Gasteiger partial charge is 0.469 e. The topological polar surface area (TPSA) is 52.3 Å². The Hall–Kier alpha value is -0.220. The van der Waals surface area contributed by atoms with Crippen LogP contribution in [0.15, 0.2) is 0 Å². The van der Waals surface area contributed by atoms with Gasteiger partial charge in [0.15, 0.2) is 0 Å². The minimum absolute atomic E-state index is 0.194. The molecule has 1 saturated heterocycles. The first-order valence-electron chi connectivity index (χ1n) is 4.10. The van der Waals surface area contributed by atoms with Crippen LogP contribution in [0.1, 0.15) is 19.3 Å². The Morgan fingerprint density at radius 3 is 3.00 bits per heavy atom. The van der Waals surface area contributed by atoms with E-state index in [0.29, 0.717) is 6.42 Å². The highest BCUT2D eigenvalue weighted by atomic mass is 32.2. The molecule has 2 N–H and O–H groups in total. The van der Waals surface area contributed by atoms with Gasteiger partial charge in [0.2, 0.25) is 0 Å². The number of carbonyl (C=O) groups excluding carboxylic acids is 1. The smallest absolute Gasteiger partial charge is 0.307 e. The van der Waals surface area contributed by atoms with E-state index < -0.39 is 0 Å². The lowest BCUT2D eigenvalue weighted by molar-refractivity contribution is -0.141. The van der Waals surface area contributed by atoms with E-state index in [2.05, 4.69) is 4.74 Å². The van der Waals surface area contributed by atoms with Crippen molar-refractivity contribution in [2.24, 2.45) is 5.73 Å². The van der Waals surface area contributed by atoms with E-state index in [1.807, 2.05) is 11.8 Å². The Balaban J connectivity index is 2.41. The number of esters is 1. The SMILES string of the molecule is COC(=O)CC1(N)CCCSC1. The van der Waals surface area contributed by atoms with E-state index in [-0.39, 0.29) is 11.5 Å². The van der Waals surface area contributed by atoms with Crippen molar-refractivity contribution in [3.63, 3.8) is 0 Å². The van der Waals surface area contributed by atoms with E-state index in [4.69, 9.17) is 5.73 Å². The van der Waals surface area contributed by atoms with E-state index in [9.17, 15) is 4.79 Å². The summed E-state index contributed by atoms with van der Waals surface area (Å²) in [4.78, 5) is 11.0. The van der Waals surface area contributed by atoms with Crippen LogP contribution in [0.2, 0.25) is 0 Å². The minimum Gasteiger partial charge on any atom is -0.469 e. The molecule has 0 amide bonds. The third-order valence-corrected chi connectivity index (χ3v) is 3.43. The summed E-state index contributed by atoms with van der Waals surface area (Å²) in [5.41, 5.74) is 5.70. The van der Waals surface area contributed by atoms with Gasteiger partial charge in [-0.2, -0.15) is 11.8 Å². The molecule has 0 aromatic rings.